The predicted molar refractivity (Wildman–Crippen MR) is 163 cm³/mol. The number of hydrogen-bond donors (Lipinski definition) is 11. The lowest BCUT2D eigenvalue weighted by molar-refractivity contribution is -0.115. The zero-order valence-electron chi connectivity index (χ0n) is 23.3. The van der Waals surface area contributed by atoms with Crippen molar-refractivity contribution in [2.45, 2.75) is 49.2 Å². The summed E-state index contributed by atoms with van der Waals surface area (Å²) in [5, 5.41) is 26.2. The Hall–Kier alpha value is -2.74. The van der Waals surface area contributed by atoms with Gasteiger partial charge in [-0.1, -0.05) is 0 Å². The molecule has 0 bridgehead atoms. The second kappa shape index (κ2) is 12.6. The number of aromatic amines is 1. The molecule has 27 heteroatoms. The number of nitrogens with zero attached hydrogens (tertiary/aromatic N) is 5. The van der Waals surface area contributed by atoms with Crippen molar-refractivity contribution in [1.82, 2.24) is 30.2 Å². The second-order valence-electron chi connectivity index (χ2n) is 10.2. The van der Waals surface area contributed by atoms with Crippen molar-refractivity contribution in [3.8, 4) is 0 Å². The van der Waals surface area contributed by atoms with E-state index in [0.717, 1.165) is 10.9 Å². The molecule has 47 heavy (non-hydrogen) atoms. The fraction of sp³-hybridized carbons (Fsp3) is 0.500. The van der Waals surface area contributed by atoms with Crippen LogP contribution in [0.4, 0.5) is 5.95 Å². The highest BCUT2D eigenvalue weighted by Gasteiger charge is 2.47. The third kappa shape index (κ3) is 6.78. The Morgan fingerprint density at radius 2 is 1.72 bits per heavy atom. The highest BCUT2D eigenvalue weighted by Crippen LogP contribution is 2.61. The SMILES string of the molecule is Nc1nc2c(ncn2[C@@H]2O[C@H](COP(=O)(O)OP(=O)(O)OC[C@H]3O[C@H]4NC5=NC(N)NC(=O)C5=N[C@H]4C(S)=C3S)[C@@H](O)[C@H]2O)c(=O)[nH]1. The number of aromatic nitrogens is 4. The minimum atomic E-state index is -5.38. The van der Waals surface area contributed by atoms with Crippen LogP contribution < -0.4 is 27.7 Å². The number of thiol groups is 2. The lowest BCUT2D eigenvalue weighted by atomic mass is 10.1. The molecule has 1 amide bonds. The highest BCUT2D eigenvalue weighted by molar-refractivity contribution is 7.88. The molecule has 4 aliphatic rings. The molecule has 4 aliphatic heterocycles. The van der Waals surface area contributed by atoms with E-state index in [1.54, 1.807) is 0 Å². The maximum atomic E-state index is 12.6. The Morgan fingerprint density at radius 1 is 1.02 bits per heavy atom. The van der Waals surface area contributed by atoms with Gasteiger partial charge in [0.15, 0.2) is 41.5 Å². The quantitative estimate of drug-likeness (QED) is 0.0879. The summed E-state index contributed by atoms with van der Waals surface area (Å²) in [5.74, 6) is -0.787. The number of carbonyl (C=O) groups excluding carboxylic acids is 1. The van der Waals surface area contributed by atoms with Gasteiger partial charge < -0.3 is 45.8 Å². The first-order valence-corrected chi connectivity index (χ1v) is 17.1. The molecular formula is C20H26N10O13P2S2. The van der Waals surface area contributed by atoms with Gasteiger partial charge in [0, 0.05) is 9.81 Å². The molecule has 3 unspecified atom stereocenters. The number of fused-ring (bicyclic) bond motifs is 3. The molecule has 0 aromatic carbocycles. The number of imidazole rings is 1. The van der Waals surface area contributed by atoms with Crippen LogP contribution in [0.1, 0.15) is 6.23 Å². The molecule has 11 N–H and O–H groups in total. The fourth-order valence-electron chi connectivity index (χ4n) is 4.91. The summed E-state index contributed by atoms with van der Waals surface area (Å²) < 4.78 is 51.6. The number of carbonyl (C=O) groups is 1. The number of aliphatic hydroxyl groups excluding tert-OH is 2. The van der Waals surface area contributed by atoms with Crippen LogP contribution in [0.2, 0.25) is 0 Å². The number of nitrogens with two attached hydrogens (primary N) is 2. The molecule has 0 aliphatic carbocycles. The number of phosphoric ester groups is 2. The summed E-state index contributed by atoms with van der Waals surface area (Å²) in [4.78, 5) is 63.3. The van der Waals surface area contributed by atoms with Crippen LogP contribution in [0.3, 0.4) is 0 Å². The molecule has 256 valence electrons. The van der Waals surface area contributed by atoms with Gasteiger partial charge in [0.05, 0.1) is 19.5 Å². The fourth-order valence-corrected chi connectivity index (χ4v) is 7.59. The molecule has 2 aromatic rings. The van der Waals surface area contributed by atoms with E-state index in [4.69, 9.17) is 30.0 Å². The summed E-state index contributed by atoms with van der Waals surface area (Å²) in [7, 11) is -10.7. The second-order valence-corrected chi connectivity index (χ2v) is 14.2. The van der Waals surface area contributed by atoms with Gasteiger partial charge in [0.2, 0.25) is 5.95 Å². The van der Waals surface area contributed by atoms with E-state index in [0.29, 0.717) is 0 Å². The molecule has 2 aromatic heterocycles. The number of H-pyrrole nitrogens is 1. The summed E-state index contributed by atoms with van der Waals surface area (Å²) in [6, 6.07) is -0.852. The van der Waals surface area contributed by atoms with Crippen LogP contribution in [-0.2, 0) is 36.8 Å². The number of nitrogen functional groups attached to an aromatic ring is 1. The number of ether oxygens (including phenoxy) is 2. The van der Waals surface area contributed by atoms with Gasteiger partial charge in [0.25, 0.3) is 11.5 Å². The maximum absolute atomic E-state index is 12.6. The standard InChI is InChI=1S/C20H26N10O13P2S2/c21-19-26-13-7(15(33)28-19)24-6-12(47)11(46)5(41-17(6)25-13)2-40-45(37,38)43-44(35,36)39-1-4-9(31)10(32)18(42-4)30-3-23-8-14(30)27-20(22)29-16(8)34/h3-6,9-10,17-19,31-32,46-47H,1-2,21H2,(H,25,26)(H,28,33)(H,35,36)(H,37,38)(H3,22,27,29,34)/t4-,5-,6+,9-,10-,17-,18-,19?/m1/s1. The number of anilines is 1. The molecule has 6 rings (SSSR count). The van der Waals surface area contributed by atoms with Gasteiger partial charge in [-0.2, -0.15) is 9.29 Å². The first-order chi connectivity index (χ1) is 22.0. The topological polar surface area (TPSA) is 343 Å². The van der Waals surface area contributed by atoms with Crippen LogP contribution in [-0.4, -0.2) is 113 Å². The molecular weight excluding hydrogens is 714 g/mol. The van der Waals surface area contributed by atoms with Crippen LogP contribution in [0.5, 0.6) is 0 Å². The van der Waals surface area contributed by atoms with E-state index in [-0.39, 0.29) is 38.5 Å². The van der Waals surface area contributed by atoms with Crippen molar-refractivity contribution in [1.29, 1.82) is 0 Å². The van der Waals surface area contributed by atoms with E-state index in [1.165, 1.54) is 0 Å². The van der Waals surface area contributed by atoms with Crippen LogP contribution in [0, 0.1) is 0 Å². The van der Waals surface area contributed by atoms with Crippen molar-refractivity contribution in [3.63, 3.8) is 0 Å². The Labute approximate surface area is 272 Å². The lowest BCUT2D eigenvalue weighted by Gasteiger charge is -2.40. The third-order valence-corrected chi connectivity index (χ3v) is 10.9. The average molecular weight is 741 g/mol. The zero-order valence-corrected chi connectivity index (χ0v) is 26.8. The Balaban J connectivity index is 1.06. The van der Waals surface area contributed by atoms with Crippen molar-refractivity contribution in [3.05, 3.63) is 26.5 Å². The van der Waals surface area contributed by atoms with E-state index in [2.05, 4.69) is 65.1 Å². The Kier molecular flexibility index (Phi) is 9.16. The number of phosphoric acid groups is 2. The molecule has 0 spiro atoms. The van der Waals surface area contributed by atoms with Gasteiger partial charge in [0.1, 0.15) is 30.5 Å². The maximum Gasteiger partial charge on any atom is 0.481 e. The van der Waals surface area contributed by atoms with Crippen molar-refractivity contribution in [2.75, 3.05) is 18.9 Å². The smallest absolute Gasteiger partial charge is 0.387 e. The van der Waals surface area contributed by atoms with Gasteiger partial charge in [-0.25, -0.2) is 19.1 Å². The minimum Gasteiger partial charge on any atom is -0.387 e. The summed E-state index contributed by atoms with van der Waals surface area (Å²) in [5.41, 5.74) is 10.3. The number of hydrogen-bond acceptors (Lipinski definition) is 20. The summed E-state index contributed by atoms with van der Waals surface area (Å²) in [6.07, 6.45) is -8.34. The molecule has 1 saturated heterocycles. The number of amides is 1. The number of aliphatic hydroxyl groups is 2. The zero-order chi connectivity index (χ0) is 34.0. The molecule has 1 fully saturated rings. The lowest BCUT2D eigenvalue weighted by Crippen LogP contribution is -2.62. The Bertz CT molecular complexity index is 1870. The van der Waals surface area contributed by atoms with E-state index in [9.17, 15) is 38.7 Å². The molecule has 0 radical (unpaired) electrons. The summed E-state index contributed by atoms with van der Waals surface area (Å²) >= 11 is 8.71. The van der Waals surface area contributed by atoms with Crippen LogP contribution in [0.25, 0.3) is 11.2 Å². The molecule has 10 atom stereocenters. The van der Waals surface area contributed by atoms with E-state index < -0.39 is 89.5 Å². The van der Waals surface area contributed by atoms with Crippen LogP contribution in [0.15, 0.2) is 30.9 Å². The number of amidine groups is 1. The van der Waals surface area contributed by atoms with Gasteiger partial charge in [-0.05, 0) is 0 Å². The summed E-state index contributed by atoms with van der Waals surface area (Å²) in [6.45, 7) is -1.67. The number of aliphatic imine (C=N–C) groups is 2. The minimum absolute atomic E-state index is 0.0412. The van der Waals surface area contributed by atoms with Crippen molar-refractivity contribution >= 4 is 75.5 Å². The largest absolute Gasteiger partial charge is 0.481 e. The number of nitrogens with one attached hydrogen (secondary N) is 3. The monoisotopic (exact) mass is 740 g/mol. The molecule has 6 heterocycles. The van der Waals surface area contributed by atoms with Gasteiger partial charge in [-0.15, -0.1) is 25.3 Å². The molecule has 23 nitrogen and oxygen atoms in total. The first-order valence-electron chi connectivity index (χ1n) is 13.2. The van der Waals surface area contributed by atoms with E-state index in [1.807, 2.05) is 0 Å². The molecule has 0 saturated carbocycles. The van der Waals surface area contributed by atoms with E-state index >= 15 is 0 Å². The highest BCUT2D eigenvalue weighted by atomic mass is 32.1. The van der Waals surface area contributed by atoms with Crippen molar-refractivity contribution < 1.29 is 56.8 Å². The van der Waals surface area contributed by atoms with Gasteiger partial charge >= 0.3 is 15.6 Å². The predicted octanol–water partition coefficient (Wildman–Crippen LogP) is -3.45. The normalized spacial score (nSPS) is 33.2. The average Bonchev–Trinajstić information content (AvgIpc) is 3.52. The van der Waals surface area contributed by atoms with Crippen molar-refractivity contribution in [2.24, 2.45) is 15.7 Å². The van der Waals surface area contributed by atoms with Gasteiger partial charge in [-0.3, -0.25) is 38.9 Å². The first kappa shape index (κ1) is 34.1. The Morgan fingerprint density at radius 3 is 2.45 bits per heavy atom. The third-order valence-electron chi connectivity index (χ3n) is 7.04. The van der Waals surface area contributed by atoms with Crippen LogP contribution >= 0.6 is 40.9 Å². The number of rotatable bonds is 9.